The maximum atomic E-state index is 12.6. The van der Waals surface area contributed by atoms with Crippen molar-refractivity contribution in [1.82, 2.24) is 9.78 Å². The van der Waals surface area contributed by atoms with Crippen LogP contribution in [0.3, 0.4) is 0 Å². The monoisotopic (exact) mass is 463 g/mol. The van der Waals surface area contributed by atoms with Gasteiger partial charge in [0.25, 0.3) is 0 Å². The molecule has 1 amide bonds. The Kier molecular flexibility index (Phi) is 5.26. The SMILES string of the molecule is O=C(Nc1nn(Cc2ccc(Cl)cc2)cc1Br)C1CC1c1ccc(Cl)cc1. The molecule has 0 bridgehead atoms. The number of aromatic nitrogens is 2. The number of carbonyl (C=O) groups excluding carboxylic acids is 1. The molecule has 1 N–H and O–H groups in total. The highest BCUT2D eigenvalue weighted by Crippen LogP contribution is 2.48. The van der Waals surface area contributed by atoms with Crippen LogP contribution in [0.4, 0.5) is 5.82 Å². The van der Waals surface area contributed by atoms with Gasteiger partial charge in [-0.25, -0.2) is 0 Å². The fraction of sp³-hybridized carbons (Fsp3) is 0.200. The standard InChI is InChI=1S/C20H16BrCl2N3O/c21-18-11-26(10-12-1-5-14(22)6-2-12)25-19(18)24-20(27)17-9-16(17)13-3-7-15(23)8-4-13/h1-8,11,16-17H,9-10H2,(H,24,25,27). The third kappa shape index (κ3) is 4.37. The molecule has 4 nitrogen and oxygen atoms in total. The smallest absolute Gasteiger partial charge is 0.229 e. The van der Waals surface area contributed by atoms with E-state index in [-0.39, 0.29) is 17.7 Å². The summed E-state index contributed by atoms with van der Waals surface area (Å²) in [6.07, 6.45) is 2.70. The predicted octanol–water partition coefficient (Wildman–Crippen LogP) is 5.74. The van der Waals surface area contributed by atoms with E-state index >= 15 is 0 Å². The van der Waals surface area contributed by atoms with E-state index in [9.17, 15) is 4.79 Å². The number of nitrogens with zero attached hydrogens (tertiary/aromatic N) is 2. The van der Waals surface area contributed by atoms with Crippen LogP contribution in [0.5, 0.6) is 0 Å². The largest absolute Gasteiger partial charge is 0.308 e. The summed E-state index contributed by atoms with van der Waals surface area (Å²) in [6, 6.07) is 15.3. The lowest BCUT2D eigenvalue weighted by Gasteiger charge is -2.04. The van der Waals surface area contributed by atoms with Crippen molar-refractivity contribution in [2.45, 2.75) is 18.9 Å². The zero-order valence-electron chi connectivity index (χ0n) is 14.2. The first-order valence-corrected chi connectivity index (χ1v) is 10.1. The molecule has 2 unspecified atom stereocenters. The molecule has 4 rings (SSSR count). The Morgan fingerprint density at radius 1 is 1.11 bits per heavy atom. The van der Waals surface area contributed by atoms with Crippen molar-refractivity contribution >= 4 is 50.9 Å². The van der Waals surface area contributed by atoms with Crippen molar-refractivity contribution in [1.29, 1.82) is 0 Å². The lowest BCUT2D eigenvalue weighted by atomic mass is 10.1. The van der Waals surface area contributed by atoms with E-state index in [1.54, 1.807) is 4.68 Å². The highest BCUT2D eigenvalue weighted by molar-refractivity contribution is 9.10. The van der Waals surface area contributed by atoms with E-state index in [1.165, 1.54) is 0 Å². The molecule has 1 saturated carbocycles. The summed E-state index contributed by atoms with van der Waals surface area (Å²) in [7, 11) is 0. The van der Waals surface area contributed by atoms with Crippen molar-refractivity contribution in [2.75, 3.05) is 5.32 Å². The third-order valence-corrected chi connectivity index (χ3v) is 5.73. The van der Waals surface area contributed by atoms with Crippen molar-refractivity contribution in [3.8, 4) is 0 Å². The molecular weight excluding hydrogens is 449 g/mol. The minimum atomic E-state index is -0.0282. The molecule has 2 atom stereocenters. The Morgan fingerprint density at radius 3 is 2.41 bits per heavy atom. The fourth-order valence-electron chi connectivity index (χ4n) is 3.11. The Bertz CT molecular complexity index is 970. The van der Waals surface area contributed by atoms with E-state index in [2.05, 4.69) is 26.3 Å². The van der Waals surface area contributed by atoms with Gasteiger partial charge in [0.15, 0.2) is 5.82 Å². The van der Waals surface area contributed by atoms with Gasteiger partial charge in [-0.05, 0) is 63.7 Å². The second-order valence-corrected chi connectivity index (χ2v) is 8.37. The van der Waals surface area contributed by atoms with E-state index < -0.39 is 0 Å². The van der Waals surface area contributed by atoms with Gasteiger partial charge in [0, 0.05) is 22.2 Å². The van der Waals surface area contributed by atoms with Gasteiger partial charge in [0.2, 0.25) is 5.91 Å². The lowest BCUT2D eigenvalue weighted by molar-refractivity contribution is -0.117. The van der Waals surface area contributed by atoms with E-state index in [4.69, 9.17) is 23.2 Å². The molecule has 27 heavy (non-hydrogen) atoms. The number of nitrogens with one attached hydrogen (secondary N) is 1. The first kappa shape index (κ1) is 18.5. The molecule has 1 heterocycles. The maximum Gasteiger partial charge on any atom is 0.229 e. The topological polar surface area (TPSA) is 46.9 Å². The van der Waals surface area contributed by atoms with E-state index in [0.29, 0.717) is 22.4 Å². The Labute approximate surface area is 175 Å². The molecule has 2 aromatic carbocycles. The molecule has 0 saturated heterocycles. The van der Waals surface area contributed by atoms with Gasteiger partial charge < -0.3 is 5.32 Å². The number of carbonyl (C=O) groups is 1. The quantitative estimate of drug-likeness (QED) is 0.523. The number of hydrogen-bond acceptors (Lipinski definition) is 2. The highest BCUT2D eigenvalue weighted by Gasteiger charge is 2.44. The minimum absolute atomic E-state index is 0.00704. The Hall–Kier alpha value is -1.82. The van der Waals surface area contributed by atoms with Crippen molar-refractivity contribution in [3.63, 3.8) is 0 Å². The van der Waals surface area contributed by atoms with Gasteiger partial charge in [0.1, 0.15) is 0 Å². The molecule has 1 aliphatic rings. The lowest BCUT2D eigenvalue weighted by Crippen LogP contribution is -2.15. The zero-order valence-corrected chi connectivity index (χ0v) is 17.3. The molecule has 1 aromatic heterocycles. The highest BCUT2D eigenvalue weighted by atomic mass is 79.9. The number of benzene rings is 2. The summed E-state index contributed by atoms with van der Waals surface area (Å²) < 4.78 is 2.54. The van der Waals surface area contributed by atoms with Gasteiger partial charge in [-0.3, -0.25) is 9.48 Å². The van der Waals surface area contributed by atoms with Crippen LogP contribution < -0.4 is 5.32 Å². The van der Waals surface area contributed by atoms with E-state index in [0.717, 1.165) is 22.0 Å². The van der Waals surface area contributed by atoms with Crippen molar-refractivity contribution < 1.29 is 4.79 Å². The second-order valence-electron chi connectivity index (χ2n) is 6.64. The maximum absolute atomic E-state index is 12.6. The summed E-state index contributed by atoms with van der Waals surface area (Å²) in [4.78, 5) is 12.6. The Balaban J connectivity index is 1.39. The second kappa shape index (κ2) is 7.66. The van der Waals surface area contributed by atoms with Gasteiger partial charge in [-0.1, -0.05) is 47.5 Å². The molecule has 7 heteroatoms. The van der Waals surface area contributed by atoms with Crippen LogP contribution in [0.15, 0.2) is 59.2 Å². The molecular formula is C20H16BrCl2N3O. The van der Waals surface area contributed by atoms with Gasteiger partial charge in [0.05, 0.1) is 11.0 Å². The average Bonchev–Trinajstić information content (AvgIpc) is 3.37. The first-order valence-electron chi connectivity index (χ1n) is 8.53. The summed E-state index contributed by atoms with van der Waals surface area (Å²) in [6.45, 7) is 0.600. The van der Waals surface area contributed by atoms with Crippen LogP contribution in [-0.2, 0) is 11.3 Å². The average molecular weight is 465 g/mol. The molecule has 1 aliphatic carbocycles. The predicted molar refractivity (Wildman–Crippen MR) is 111 cm³/mol. The van der Waals surface area contributed by atoms with Crippen LogP contribution >= 0.6 is 39.1 Å². The van der Waals surface area contributed by atoms with Crippen LogP contribution in [0.25, 0.3) is 0 Å². The molecule has 1 fully saturated rings. The van der Waals surface area contributed by atoms with Crippen LogP contribution in [0.1, 0.15) is 23.5 Å². The summed E-state index contributed by atoms with van der Waals surface area (Å²) in [5.41, 5.74) is 2.23. The van der Waals surface area contributed by atoms with Gasteiger partial charge in [-0.2, -0.15) is 5.10 Å². The third-order valence-electron chi connectivity index (χ3n) is 4.64. The number of amides is 1. The molecule has 0 radical (unpaired) electrons. The van der Waals surface area contributed by atoms with Crippen LogP contribution in [0.2, 0.25) is 10.0 Å². The number of anilines is 1. The van der Waals surface area contributed by atoms with Gasteiger partial charge in [-0.15, -0.1) is 0 Å². The van der Waals surface area contributed by atoms with Gasteiger partial charge >= 0.3 is 0 Å². The van der Waals surface area contributed by atoms with Crippen LogP contribution in [0, 0.1) is 5.92 Å². The minimum Gasteiger partial charge on any atom is -0.308 e. The van der Waals surface area contributed by atoms with Crippen molar-refractivity contribution in [2.24, 2.45) is 5.92 Å². The zero-order chi connectivity index (χ0) is 19.0. The molecule has 3 aromatic rings. The summed E-state index contributed by atoms with van der Waals surface area (Å²) in [5.74, 6) is 0.750. The molecule has 0 spiro atoms. The number of halogens is 3. The van der Waals surface area contributed by atoms with Crippen LogP contribution in [-0.4, -0.2) is 15.7 Å². The van der Waals surface area contributed by atoms with Crippen molar-refractivity contribution in [3.05, 3.63) is 80.4 Å². The number of rotatable bonds is 5. The first-order chi connectivity index (χ1) is 13.0. The fourth-order valence-corrected chi connectivity index (χ4v) is 3.78. The normalized spacial score (nSPS) is 18.3. The summed E-state index contributed by atoms with van der Waals surface area (Å²) in [5, 5.41) is 8.81. The van der Waals surface area contributed by atoms with E-state index in [1.807, 2.05) is 54.7 Å². The number of hydrogen-bond donors (Lipinski definition) is 1. The molecule has 138 valence electrons. The Morgan fingerprint density at radius 2 is 1.74 bits per heavy atom. The molecule has 0 aliphatic heterocycles. The summed E-state index contributed by atoms with van der Waals surface area (Å²) >= 11 is 15.3.